The van der Waals surface area contributed by atoms with Gasteiger partial charge in [-0.25, -0.2) is 0 Å². The number of fused-ring (bicyclic) bond motifs is 1. The number of alkyl halides is 1. The van der Waals surface area contributed by atoms with Crippen molar-refractivity contribution in [3.63, 3.8) is 0 Å². The molecule has 4 heteroatoms. The minimum Gasteiger partial charge on any atom is -0.489 e. The van der Waals surface area contributed by atoms with Crippen molar-refractivity contribution in [1.82, 2.24) is 0 Å². The third-order valence-corrected chi connectivity index (χ3v) is 4.57. The first-order valence-electron chi connectivity index (χ1n) is 6.95. The first kappa shape index (κ1) is 14.9. The highest BCUT2D eigenvalue weighted by atomic mass is 79.9. The molecular formula is C17H16BrClO2. The highest BCUT2D eigenvalue weighted by molar-refractivity contribution is 9.08. The summed E-state index contributed by atoms with van der Waals surface area (Å²) in [6.07, 6.45) is 0.931. The van der Waals surface area contributed by atoms with Gasteiger partial charge in [0, 0.05) is 10.9 Å². The molecule has 3 rings (SSSR count). The molecule has 21 heavy (non-hydrogen) atoms. The Morgan fingerprint density at radius 1 is 1.19 bits per heavy atom. The maximum absolute atomic E-state index is 6.24. The Bertz CT molecular complexity index is 630. The van der Waals surface area contributed by atoms with Crippen molar-refractivity contribution in [2.24, 2.45) is 0 Å². The second-order valence-electron chi connectivity index (χ2n) is 4.98. The monoisotopic (exact) mass is 366 g/mol. The van der Waals surface area contributed by atoms with Gasteiger partial charge in [0.05, 0.1) is 11.6 Å². The largest absolute Gasteiger partial charge is 0.489 e. The Morgan fingerprint density at radius 3 is 2.90 bits per heavy atom. The van der Waals surface area contributed by atoms with Gasteiger partial charge in [0.2, 0.25) is 0 Å². The van der Waals surface area contributed by atoms with Crippen LogP contribution in [-0.2, 0) is 16.5 Å². The van der Waals surface area contributed by atoms with Crippen LogP contribution in [0.4, 0.5) is 0 Å². The fourth-order valence-corrected chi connectivity index (χ4v) is 3.28. The molecule has 1 aliphatic rings. The molecule has 1 heterocycles. The van der Waals surface area contributed by atoms with E-state index in [-0.39, 0.29) is 6.10 Å². The van der Waals surface area contributed by atoms with Crippen LogP contribution in [0, 0.1) is 0 Å². The van der Waals surface area contributed by atoms with Crippen molar-refractivity contribution in [3.8, 4) is 5.75 Å². The maximum atomic E-state index is 6.24. The van der Waals surface area contributed by atoms with Crippen LogP contribution in [-0.4, -0.2) is 13.2 Å². The molecule has 0 saturated carbocycles. The Balaban J connectivity index is 1.78. The lowest BCUT2D eigenvalue weighted by Gasteiger charge is -2.26. The second-order valence-corrected chi connectivity index (χ2v) is 5.95. The summed E-state index contributed by atoms with van der Waals surface area (Å²) in [6, 6.07) is 14.2. The molecule has 0 N–H and O–H groups in total. The molecular weight excluding hydrogens is 352 g/mol. The minimum absolute atomic E-state index is 0.0330. The van der Waals surface area contributed by atoms with Crippen molar-refractivity contribution < 1.29 is 9.47 Å². The van der Waals surface area contributed by atoms with Gasteiger partial charge in [-0.2, -0.15) is 0 Å². The molecule has 2 nitrogen and oxygen atoms in total. The molecule has 0 radical (unpaired) electrons. The van der Waals surface area contributed by atoms with Gasteiger partial charge in [-0.1, -0.05) is 63.9 Å². The number of para-hydroxylation sites is 1. The molecule has 0 amide bonds. The first-order chi connectivity index (χ1) is 10.3. The summed E-state index contributed by atoms with van der Waals surface area (Å²) in [5.41, 5.74) is 3.61. The number of ether oxygens (including phenoxy) is 2. The number of rotatable bonds is 4. The van der Waals surface area contributed by atoms with Gasteiger partial charge < -0.3 is 9.47 Å². The minimum atomic E-state index is -0.0330. The van der Waals surface area contributed by atoms with Gasteiger partial charge in [-0.3, -0.25) is 0 Å². The Morgan fingerprint density at radius 2 is 2.05 bits per heavy atom. The number of hydrogen-bond acceptors (Lipinski definition) is 2. The van der Waals surface area contributed by atoms with E-state index in [0.29, 0.717) is 17.0 Å². The van der Waals surface area contributed by atoms with Crippen LogP contribution in [0.1, 0.15) is 22.8 Å². The molecule has 1 aliphatic heterocycles. The average molecular weight is 368 g/mol. The van der Waals surface area contributed by atoms with Crippen molar-refractivity contribution in [3.05, 3.63) is 64.2 Å². The summed E-state index contributed by atoms with van der Waals surface area (Å²) in [4.78, 5) is 0. The zero-order valence-electron chi connectivity index (χ0n) is 11.5. The highest BCUT2D eigenvalue weighted by Gasteiger charge is 2.21. The van der Waals surface area contributed by atoms with Crippen LogP contribution < -0.4 is 4.74 Å². The summed E-state index contributed by atoms with van der Waals surface area (Å²) in [7, 11) is 0. The third-order valence-electron chi connectivity index (χ3n) is 3.66. The van der Waals surface area contributed by atoms with Crippen LogP contribution in [0.3, 0.4) is 0 Å². The summed E-state index contributed by atoms with van der Waals surface area (Å²) in [5, 5.41) is 1.35. The molecule has 2 aromatic rings. The van der Waals surface area contributed by atoms with E-state index >= 15 is 0 Å². The SMILES string of the molecule is Clc1cccc(CBr)c1OCC1OCCc2ccccc21. The Labute approximate surface area is 138 Å². The maximum Gasteiger partial charge on any atom is 0.142 e. The lowest BCUT2D eigenvalue weighted by Crippen LogP contribution is -2.21. The Hall–Kier alpha value is -1.03. The summed E-state index contributed by atoms with van der Waals surface area (Å²) >= 11 is 9.70. The number of hydrogen-bond donors (Lipinski definition) is 0. The van der Waals surface area contributed by atoms with Gasteiger partial charge in [0.15, 0.2) is 0 Å². The highest BCUT2D eigenvalue weighted by Crippen LogP contribution is 2.33. The number of benzene rings is 2. The van der Waals surface area contributed by atoms with Crippen molar-refractivity contribution in [2.45, 2.75) is 17.9 Å². The van der Waals surface area contributed by atoms with E-state index in [1.165, 1.54) is 11.1 Å². The molecule has 0 fully saturated rings. The zero-order chi connectivity index (χ0) is 14.7. The van der Waals surface area contributed by atoms with Gasteiger partial charge in [0.1, 0.15) is 18.5 Å². The fraction of sp³-hybridized carbons (Fsp3) is 0.294. The smallest absolute Gasteiger partial charge is 0.142 e. The van der Waals surface area contributed by atoms with E-state index in [1.807, 2.05) is 24.3 Å². The normalized spacial score (nSPS) is 17.3. The third kappa shape index (κ3) is 3.25. The van der Waals surface area contributed by atoms with Crippen molar-refractivity contribution >= 4 is 27.5 Å². The predicted molar refractivity (Wildman–Crippen MR) is 88.4 cm³/mol. The van der Waals surface area contributed by atoms with Gasteiger partial charge in [-0.05, 0) is 23.6 Å². The van der Waals surface area contributed by atoms with Crippen LogP contribution in [0.2, 0.25) is 5.02 Å². The van der Waals surface area contributed by atoms with E-state index in [2.05, 4.69) is 34.1 Å². The molecule has 2 aromatic carbocycles. The number of halogens is 2. The molecule has 0 saturated heterocycles. The molecule has 1 atom stereocenters. The van der Waals surface area contributed by atoms with Crippen LogP contribution in [0.15, 0.2) is 42.5 Å². The predicted octanol–water partition coefficient (Wildman–Crippen LogP) is 4.93. The van der Waals surface area contributed by atoms with Crippen LogP contribution in [0.5, 0.6) is 5.75 Å². The average Bonchev–Trinajstić information content (AvgIpc) is 2.53. The first-order valence-corrected chi connectivity index (χ1v) is 8.45. The molecule has 0 bridgehead atoms. The van der Waals surface area contributed by atoms with Gasteiger partial charge >= 0.3 is 0 Å². The zero-order valence-corrected chi connectivity index (χ0v) is 13.9. The fourth-order valence-electron chi connectivity index (χ4n) is 2.59. The quantitative estimate of drug-likeness (QED) is 0.714. The van der Waals surface area contributed by atoms with E-state index in [9.17, 15) is 0 Å². The summed E-state index contributed by atoms with van der Waals surface area (Å²) < 4.78 is 11.8. The van der Waals surface area contributed by atoms with E-state index in [0.717, 1.165) is 24.3 Å². The van der Waals surface area contributed by atoms with E-state index in [1.54, 1.807) is 0 Å². The lowest BCUT2D eigenvalue weighted by atomic mass is 9.98. The van der Waals surface area contributed by atoms with Crippen LogP contribution in [0.25, 0.3) is 0 Å². The van der Waals surface area contributed by atoms with Crippen molar-refractivity contribution in [2.75, 3.05) is 13.2 Å². The summed E-state index contributed by atoms with van der Waals surface area (Å²) in [5.74, 6) is 0.739. The molecule has 110 valence electrons. The van der Waals surface area contributed by atoms with Crippen LogP contribution >= 0.6 is 27.5 Å². The van der Waals surface area contributed by atoms with Gasteiger partial charge in [0.25, 0.3) is 0 Å². The molecule has 0 aromatic heterocycles. The second kappa shape index (κ2) is 6.82. The van der Waals surface area contributed by atoms with Gasteiger partial charge in [-0.15, -0.1) is 0 Å². The topological polar surface area (TPSA) is 18.5 Å². The van der Waals surface area contributed by atoms with Crippen molar-refractivity contribution in [1.29, 1.82) is 0 Å². The molecule has 0 spiro atoms. The molecule has 1 unspecified atom stereocenters. The lowest BCUT2D eigenvalue weighted by molar-refractivity contribution is 0.0101. The van der Waals surface area contributed by atoms with E-state index in [4.69, 9.17) is 21.1 Å². The van der Waals surface area contributed by atoms with E-state index < -0.39 is 0 Å². The summed E-state index contributed by atoms with van der Waals surface area (Å²) in [6.45, 7) is 1.21. The standard InChI is InChI=1S/C17H16BrClO2/c18-10-13-5-3-7-15(19)17(13)21-11-16-14-6-2-1-4-12(14)8-9-20-16/h1-7,16H,8-11H2. The Kier molecular flexibility index (Phi) is 4.84. The molecule has 0 aliphatic carbocycles.